The molecule has 2 atom stereocenters. The third-order valence-corrected chi connectivity index (χ3v) is 10.2. The summed E-state index contributed by atoms with van der Waals surface area (Å²) in [5, 5.41) is 20.6. The predicted molar refractivity (Wildman–Crippen MR) is 223 cm³/mol. The summed E-state index contributed by atoms with van der Waals surface area (Å²) in [7, 11) is 0. The lowest BCUT2D eigenvalue weighted by Gasteiger charge is -2.27. The molecule has 0 amide bonds. The van der Waals surface area contributed by atoms with E-state index < -0.39 is 35.0 Å². The van der Waals surface area contributed by atoms with Crippen molar-refractivity contribution >= 4 is 81.5 Å². The molecule has 2 aliphatic rings. The number of hydrogen-bond acceptors (Lipinski definition) is 6. The summed E-state index contributed by atoms with van der Waals surface area (Å²) in [4.78, 5) is 41.2. The van der Waals surface area contributed by atoms with Gasteiger partial charge in [0.2, 0.25) is 0 Å². The second-order valence-corrected chi connectivity index (χ2v) is 16.6. The lowest BCUT2D eigenvalue weighted by molar-refractivity contribution is -0.151. The molecule has 4 N–H and O–H groups in total. The summed E-state index contributed by atoms with van der Waals surface area (Å²) >= 11 is 14.2. The molecule has 0 aliphatic carbocycles. The molecular weight excluding hydrogens is 751 g/mol. The number of aromatic nitrogens is 4. The molecule has 8 bridgehead atoms. The monoisotopic (exact) mass is 790 g/mol. The van der Waals surface area contributed by atoms with Crippen LogP contribution in [0.25, 0.3) is 68.6 Å². The first kappa shape index (κ1) is 38.4. The molecule has 5 aromatic rings. The molecule has 286 valence electrons. The highest BCUT2D eigenvalue weighted by Gasteiger charge is 2.34. The third kappa shape index (κ3) is 7.67. The van der Waals surface area contributed by atoms with Crippen LogP contribution in [-0.2, 0) is 9.59 Å². The maximum atomic E-state index is 12.1. The van der Waals surface area contributed by atoms with Gasteiger partial charge in [0, 0.05) is 33.0 Å². The van der Waals surface area contributed by atoms with Gasteiger partial charge in [0.25, 0.3) is 0 Å². The van der Waals surface area contributed by atoms with Crippen LogP contribution in [0.1, 0.15) is 64.3 Å². The van der Waals surface area contributed by atoms with Crippen molar-refractivity contribution in [2.75, 3.05) is 0 Å². The number of benzene rings is 2. The minimum atomic E-state index is -1.08. The molecule has 7 rings (SSSR count). The van der Waals surface area contributed by atoms with E-state index in [9.17, 15) is 19.8 Å². The highest BCUT2D eigenvalue weighted by Crippen LogP contribution is 2.38. The van der Waals surface area contributed by atoms with Gasteiger partial charge in [0.1, 0.15) is 11.5 Å². The molecule has 0 saturated carbocycles. The van der Waals surface area contributed by atoms with E-state index >= 15 is 0 Å². The number of fused-ring (bicyclic) bond motifs is 8. The van der Waals surface area contributed by atoms with E-state index in [0.29, 0.717) is 77.5 Å². The summed E-state index contributed by atoms with van der Waals surface area (Å²) in [5.41, 5.74) is 6.45. The van der Waals surface area contributed by atoms with Crippen LogP contribution < -0.4 is 9.47 Å². The third-order valence-electron chi connectivity index (χ3n) is 9.40. The van der Waals surface area contributed by atoms with Crippen molar-refractivity contribution in [3.63, 3.8) is 0 Å². The first-order chi connectivity index (χ1) is 26.5. The molecule has 0 fully saturated rings. The normalized spacial score (nSPS) is 13.7. The Labute approximate surface area is 333 Å². The fourth-order valence-electron chi connectivity index (χ4n) is 6.66. The summed E-state index contributed by atoms with van der Waals surface area (Å²) in [6.45, 7) is 10.9. The Morgan fingerprint density at radius 1 is 0.571 bits per heavy atom. The van der Waals surface area contributed by atoms with Gasteiger partial charge in [-0.1, -0.05) is 89.0 Å². The Balaban J connectivity index is 1.45. The van der Waals surface area contributed by atoms with E-state index in [1.165, 1.54) is 0 Å². The number of nitrogens with zero attached hydrogens (tertiary/aromatic N) is 2. The van der Waals surface area contributed by atoms with Gasteiger partial charge >= 0.3 is 11.9 Å². The number of carboxylic acid groups (broad SMARTS) is 2. The maximum absolute atomic E-state index is 12.1. The molecule has 0 spiro atoms. The van der Waals surface area contributed by atoms with Crippen LogP contribution in [0.4, 0.5) is 0 Å². The average Bonchev–Trinajstić information content (AvgIpc) is 3.97. The van der Waals surface area contributed by atoms with Crippen LogP contribution in [0.3, 0.4) is 0 Å². The Morgan fingerprint density at radius 2 is 0.929 bits per heavy atom. The van der Waals surface area contributed by atoms with Crippen molar-refractivity contribution in [1.82, 2.24) is 19.9 Å². The smallest absolute Gasteiger partial charge is 0.345 e. The minimum Gasteiger partial charge on any atom is -0.478 e. The molecule has 0 saturated heterocycles. The van der Waals surface area contributed by atoms with Gasteiger partial charge in [-0.15, -0.1) is 0 Å². The number of ether oxygens (including phenoxy) is 2. The Bertz CT molecular complexity index is 2450. The van der Waals surface area contributed by atoms with E-state index in [1.54, 1.807) is 24.3 Å². The van der Waals surface area contributed by atoms with Crippen molar-refractivity contribution in [3.8, 4) is 33.8 Å². The van der Waals surface area contributed by atoms with Gasteiger partial charge < -0.3 is 29.7 Å². The van der Waals surface area contributed by atoms with E-state index in [4.69, 9.17) is 42.6 Å². The highest BCUT2D eigenvalue weighted by molar-refractivity contribution is 6.36. The van der Waals surface area contributed by atoms with Crippen molar-refractivity contribution in [2.24, 2.45) is 10.8 Å². The van der Waals surface area contributed by atoms with E-state index in [1.807, 2.05) is 114 Å². The minimum absolute atomic E-state index is 0.381. The molecule has 0 radical (unpaired) electrons. The highest BCUT2D eigenvalue weighted by atomic mass is 35.5. The quantitative estimate of drug-likeness (QED) is 0.119. The van der Waals surface area contributed by atoms with Gasteiger partial charge in [-0.2, -0.15) is 0 Å². The lowest BCUT2D eigenvalue weighted by Crippen LogP contribution is -2.39. The fourth-order valence-corrected chi connectivity index (χ4v) is 7.09. The standard InChI is InChI=1S/C44H40Cl2N4O6/c1-43(2,3)39(41(51)52)55-25-11-7-9-23(21-25)35-27-13-17-31(47-27)37(45)33-19-15-29(49-33)36(30-16-20-34(50-30)38(46)32-18-14-28(35)48-32)24-10-8-12-26(22-24)56-40(42(53)54)44(4,5)6/h7-22,39-40,47,50H,1-6H3,(H,51,52)(H,53,54). The summed E-state index contributed by atoms with van der Waals surface area (Å²) in [6, 6.07) is 22.0. The maximum Gasteiger partial charge on any atom is 0.345 e. The molecule has 3 aromatic heterocycles. The predicted octanol–water partition coefficient (Wildman–Crippen LogP) is 11.1. The molecule has 56 heavy (non-hydrogen) atoms. The van der Waals surface area contributed by atoms with E-state index in [0.717, 1.165) is 11.1 Å². The second-order valence-electron chi connectivity index (χ2n) is 15.8. The molecule has 2 aliphatic heterocycles. The largest absolute Gasteiger partial charge is 0.478 e. The summed E-state index contributed by atoms with van der Waals surface area (Å²) in [5.74, 6) is -1.32. The topological polar surface area (TPSA) is 150 Å². The number of halogens is 2. The second kappa shape index (κ2) is 14.7. The summed E-state index contributed by atoms with van der Waals surface area (Å²) < 4.78 is 12.1. The van der Waals surface area contributed by atoms with E-state index in [-0.39, 0.29) is 0 Å². The first-order valence-electron chi connectivity index (χ1n) is 17.9. The summed E-state index contributed by atoms with van der Waals surface area (Å²) in [6.07, 6.45) is 5.26. The van der Waals surface area contributed by atoms with Crippen molar-refractivity contribution in [1.29, 1.82) is 0 Å². The van der Waals surface area contributed by atoms with E-state index in [2.05, 4.69) is 9.97 Å². The van der Waals surface area contributed by atoms with Gasteiger partial charge in [0.05, 0.1) is 43.9 Å². The number of carboxylic acids is 2. The fraction of sp³-hybridized carbons (Fsp3) is 0.227. The molecule has 10 nitrogen and oxygen atoms in total. The molecule has 5 heterocycles. The molecular formula is C44H40Cl2N4O6. The zero-order chi connectivity index (χ0) is 40.1. The Hall–Kier alpha value is -5.84. The Morgan fingerprint density at radius 3 is 1.29 bits per heavy atom. The van der Waals surface area contributed by atoms with Crippen molar-refractivity contribution in [2.45, 2.75) is 53.8 Å². The van der Waals surface area contributed by atoms with Crippen LogP contribution in [0.15, 0.2) is 72.8 Å². The van der Waals surface area contributed by atoms with Crippen LogP contribution in [-0.4, -0.2) is 54.3 Å². The molecule has 12 heteroatoms. The lowest BCUT2D eigenvalue weighted by atomic mass is 9.89. The van der Waals surface area contributed by atoms with Crippen molar-refractivity contribution < 1.29 is 29.3 Å². The van der Waals surface area contributed by atoms with Gasteiger partial charge in [-0.25, -0.2) is 19.6 Å². The molecule has 2 unspecified atom stereocenters. The zero-order valence-corrected chi connectivity index (χ0v) is 33.1. The van der Waals surface area contributed by atoms with Crippen LogP contribution in [0, 0.1) is 10.8 Å². The number of aromatic amines is 2. The Kier molecular flexibility index (Phi) is 10.1. The number of hydrogen-bond donors (Lipinski definition) is 4. The number of H-pyrrole nitrogens is 2. The SMILES string of the molecule is CC(C)(C)C(Oc1cccc(-c2c3nc(c(Cl)c4ccc([nH]4)c(-c4cccc(OC(C(=O)O)C(C)(C)C)c4)c4nc(c(Cl)c5ccc2[nH]5)C=C4)C=C3)c1)C(=O)O. The van der Waals surface area contributed by atoms with Crippen LogP contribution in [0.5, 0.6) is 11.5 Å². The first-order valence-corrected chi connectivity index (χ1v) is 18.7. The number of carbonyl (C=O) groups is 2. The number of nitrogens with one attached hydrogen (secondary N) is 2. The van der Waals surface area contributed by atoms with Gasteiger partial charge in [0.15, 0.2) is 12.2 Å². The van der Waals surface area contributed by atoms with Crippen LogP contribution >= 0.6 is 23.2 Å². The van der Waals surface area contributed by atoms with Crippen molar-refractivity contribution in [3.05, 3.63) is 106 Å². The van der Waals surface area contributed by atoms with Gasteiger partial charge in [-0.3, -0.25) is 0 Å². The van der Waals surface area contributed by atoms with Crippen LogP contribution in [0.2, 0.25) is 10.0 Å². The number of aliphatic carboxylic acids is 2. The average molecular weight is 792 g/mol. The molecule has 2 aromatic carbocycles. The number of rotatable bonds is 8. The zero-order valence-electron chi connectivity index (χ0n) is 31.6. The van der Waals surface area contributed by atoms with Gasteiger partial charge in [-0.05, 0) is 84.0 Å².